The first kappa shape index (κ1) is 19.4. The summed E-state index contributed by atoms with van der Waals surface area (Å²) in [4.78, 5) is 22.6. The second-order valence-corrected chi connectivity index (χ2v) is 6.39. The van der Waals surface area contributed by atoms with E-state index in [2.05, 4.69) is 13.8 Å². The van der Waals surface area contributed by atoms with Gasteiger partial charge < -0.3 is 4.74 Å². The first-order valence-corrected chi connectivity index (χ1v) is 7.79. The summed E-state index contributed by atoms with van der Waals surface area (Å²) in [6, 6.07) is 0. The van der Waals surface area contributed by atoms with E-state index in [-0.39, 0.29) is 11.4 Å². The van der Waals surface area contributed by atoms with Gasteiger partial charge in [0.1, 0.15) is 0 Å². The van der Waals surface area contributed by atoms with E-state index in [0.717, 1.165) is 32.1 Å². The molecule has 0 spiro atoms. The van der Waals surface area contributed by atoms with Crippen molar-refractivity contribution in [3.8, 4) is 0 Å². The van der Waals surface area contributed by atoms with Gasteiger partial charge >= 0.3 is 5.97 Å². The monoisotopic (exact) mass is 288 g/mol. The maximum Gasteiger partial charge on any atom is 0.308 e. The Morgan fingerprint density at radius 2 is 1.55 bits per heavy atom. The van der Waals surface area contributed by atoms with Gasteiger partial charge in [0.2, 0.25) is 5.79 Å². The van der Waals surface area contributed by atoms with E-state index in [9.17, 15) is 4.79 Å². The minimum Gasteiger partial charge on any atom is -0.430 e. The molecular weight excluding hydrogens is 256 g/mol. The lowest BCUT2D eigenvalue weighted by molar-refractivity contribution is -0.437. The van der Waals surface area contributed by atoms with Gasteiger partial charge in [0.15, 0.2) is 0 Å². The summed E-state index contributed by atoms with van der Waals surface area (Å²) in [5, 5.41) is 0. The molecule has 0 bridgehead atoms. The molecule has 0 rings (SSSR count). The van der Waals surface area contributed by atoms with Crippen LogP contribution in [0.15, 0.2) is 0 Å². The molecule has 0 fully saturated rings. The van der Waals surface area contributed by atoms with Gasteiger partial charge in [-0.3, -0.25) is 4.79 Å². The summed E-state index contributed by atoms with van der Waals surface area (Å²) in [6.45, 7) is 12.4. The van der Waals surface area contributed by atoms with Crippen molar-refractivity contribution in [1.82, 2.24) is 0 Å². The van der Waals surface area contributed by atoms with Crippen molar-refractivity contribution in [3.05, 3.63) is 0 Å². The Kier molecular flexibility index (Phi) is 9.06. The first-order valence-electron chi connectivity index (χ1n) is 7.79. The number of esters is 1. The number of unbranched alkanes of at least 4 members (excludes halogenated alkanes) is 3. The lowest BCUT2D eigenvalue weighted by Gasteiger charge is -2.38. The SMILES string of the molecule is CCCCCC(=O)OC(C)(OOCCCC)C(C)(C)C. The normalized spacial score (nSPS) is 14.9. The van der Waals surface area contributed by atoms with Crippen molar-refractivity contribution in [2.75, 3.05) is 6.61 Å². The molecule has 1 unspecified atom stereocenters. The van der Waals surface area contributed by atoms with E-state index in [1.807, 2.05) is 20.8 Å². The zero-order valence-electron chi connectivity index (χ0n) is 14.1. The van der Waals surface area contributed by atoms with Gasteiger partial charge in [-0.1, -0.05) is 53.9 Å². The topological polar surface area (TPSA) is 44.8 Å². The van der Waals surface area contributed by atoms with Crippen molar-refractivity contribution in [3.63, 3.8) is 0 Å². The minimum absolute atomic E-state index is 0.227. The van der Waals surface area contributed by atoms with Crippen LogP contribution in [0.1, 0.15) is 80.1 Å². The van der Waals surface area contributed by atoms with Gasteiger partial charge in [-0.15, -0.1) is 0 Å². The second kappa shape index (κ2) is 9.35. The number of ether oxygens (including phenoxy) is 1. The Morgan fingerprint density at radius 3 is 2.05 bits per heavy atom. The highest BCUT2D eigenvalue weighted by molar-refractivity contribution is 5.69. The van der Waals surface area contributed by atoms with Gasteiger partial charge in [0.25, 0.3) is 0 Å². The van der Waals surface area contributed by atoms with Crippen molar-refractivity contribution < 1.29 is 19.3 Å². The number of carbonyl (C=O) groups excluding carboxylic acids is 1. The van der Waals surface area contributed by atoms with E-state index in [1.165, 1.54) is 0 Å². The molecular formula is C16H32O4. The summed E-state index contributed by atoms with van der Waals surface area (Å²) < 4.78 is 5.54. The van der Waals surface area contributed by atoms with E-state index in [0.29, 0.717) is 13.0 Å². The zero-order valence-corrected chi connectivity index (χ0v) is 14.1. The Balaban J connectivity index is 4.43. The Hall–Kier alpha value is -0.610. The molecule has 0 heterocycles. The van der Waals surface area contributed by atoms with E-state index < -0.39 is 5.79 Å². The smallest absolute Gasteiger partial charge is 0.308 e. The Bertz CT molecular complexity index is 270. The molecule has 0 aliphatic heterocycles. The highest BCUT2D eigenvalue weighted by Crippen LogP contribution is 2.35. The first-order chi connectivity index (χ1) is 9.27. The third kappa shape index (κ3) is 7.25. The molecule has 20 heavy (non-hydrogen) atoms. The lowest BCUT2D eigenvalue weighted by atomic mass is 9.86. The predicted molar refractivity (Wildman–Crippen MR) is 80.0 cm³/mol. The third-order valence-electron chi connectivity index (χ3n) is 3.45. The van der Waals surface area contributed by atoms with Crippen LogP contribution in [0.5, 0.6) is 0 Å². The molecule has 4 heteroatoms. The van der Waals surface area contributed by atoms with Gasteiger partial charge in [-0.2, -0.15) is 4.89 Å². The number of hydrogen-bond acceptors (Lipinski definition) is 4. The fourth-order valence-corrected chi connectivity index (χ4v) is 1.44. The predicted octanol–water partition coefficient (Wildman–Crippen LogP) is 4.62. The highest BCUT2D eigenvalue weighted by Gasteiger charge is 2.44. The molecule has 0 amide bonds. The standard InChI is InChI=1S/C16H32O4/c1-7-9-11-12-14(17)19-16(6,15(3,4)5)20-18-13-10-8-2/h7-13H2,1-6H3. The Morgan fingerprint density at radius 1 is 0.950 bits per heavy atom. The van der Waals surface area contributed by atoms with Gasteiger partial charge in [-0.25, -0.2) is 4.89 Å². The number of hydrogen-bond donors (Lipinski definition) is 0. The van der Waals surface area contributed by atoms with Crippen molar-refractivity contribution in [1.29, 1.82) is 0 Å². The van der Waals surface area contributed by atoms with Crippen LogP contribution in [-0.4, -0.2) is 18.4 Å². The fraction of sp³-hybridized carbons (Fsp3) is 0.938. The zero-order chi connectivity index (χ0) is 15.6. The molecule has 0 saturated carbocycles. The fourth-order valence-electron chi connectivity index (χ4n) is 1.44. The van der Waals surface area contributed by atoms with Crippen LogP contribution in [-0.2, 0) is 19.3 Å². The maximum atomic E-state index is 11.9. The molecule has 0 aliphatic rings. The van der Waals surface area contributed by atoms with Crippen molar-refractivity contribution >= 4 is 5.97 Å². The summed E-state index contributed by atoms with van der Waals surface area (Å²) in [6.07, 6.45) is 5.36. The molecule has 0 saturated heterocycles. The van der Waals surface area contributed by atoms with Crippen molar-refractivity contribution in [2.45, 2.75) is 85.9 Å². The van der Waals surface area contributed by atoms with Crippen LogP contribution in [0, 0.1) is 5.41 Å². The third-order valence-corrected chi connectivity index (χ3v) is 3.45. The largest absolute Gasteiger partial charge is 0.430 e. The molecule has 0 radical (unpaired) electrons. The van der Waals surface area contributed by atoms with Crippen LogP contribution < -0.4 is 0 Å². The van der Waals surface area contributed by atoms with E-state index >= 15 is 0 Å². The molecule has 0 aliphatic carbocycles. The lowest BCUT2D eigenvalue weighted by Crippen LogP contribution is -2.46. The van der Waals surface area contributed by atoms with Crippen molar-refractivity contribution in [2.24, 2.45) is 5.41 Å². The molecule has 0 aromatic rings. The summed E-state index contributed by atoms with van der Waals surface area (Å²) in [5.74, 6) is -1.29. The van der Waals surface area contributed by atoms with Gasteiger partial charge in [0.05, 0.1) is 6.61 Å². The summed E-state index contributed by atoms with van der Waals surface area (Å²) in [5.41, 5.74) is -0.361. The van der Waals surface area contributed by atoms with Crippen LogP contribution >= 0.6 is 0 Å². The quantitative estimate of drug-likeness (QED) is 0.193. The van der Waals surface area contributed by atoms with Gasteiger partial charge in [0, 0.05) is 18.8 Å². The molecule has 4 nitrogen and oxygen atoms in total. The number of carbonyl (C=O) groups is 1. The Labute approximate surface area is 124 Å². The average Bonchev–Trinajstić information content (AvgIpc) is 2.33. The number of rotatable bonds is 10. The van der Waals surface area contributed by atoms with E-state index in [1.54, 1.807) is 6.92 Å². The van der Waals surface area contributed by atoms with Gasteiger partial charge in [-0.05, 0) is 12.8 Å². The maximum absolute atomic E-state index is 11.9. The summed E-state index contributed by atoms with van der Waals surface area (Å²) in [7, 11) is 0. The molecule has 0 N–H and O–H groups in total. The molecule has 0 aromatic heterocycles. The average molecular weight is 288 g/mol. The second-order valence-electron chi connectivity index (χ2n) is 6.39. The highest BCUT2D eigenvalue weighted by atomic mass is 17.2. The molecule has 0 aromatic carbocycles. The van der Waals surface area contributed by atoms with Crippen LogP contribution in [0.3, 0.4) is 0 Å². The van der Waals surface area contributed by atoms with Crippen LogP contribution in [0.2, 0.25) is 0 Å². The summed E-state index contributed by atoms with van der Waals surface area (Å²) >= 11 is 0. The van der Waals surface area contributed by atoms with E-state index in [4.69, 9.17) is 14.5 Å². The minimum atomic E-state index is -1.07. The molecule has 1 atom stereocenters. The van der Waals surface area contributed by atoms with Crippen LogP contribution in [0.4, 0.5) is 0 Å². The van der Waals surface area contributed by atoms with Crippen LogP contribution in [0.25, 0.3) is 0 Å². The molecule has 120 valence electrons.